The number of hydrogen-bond donors (Lipinski definition) is 0. The van der Waals surface area contributed by atoms with Gasteiger partial charge in [0, 0.05) is 41.9 Å². The number of hydrogen-bond acceptors (Lipinski definition) is 6. The van der Waals surface area contributed by atoms with Crippen molar-refractivity contribution in [3.63, 3.8) is 0 Å². The van der Waals surface area contributed by atoms with Crippen molar-refractivity contribution < 1.29 is 9.30 Å². The van der Waals surface area contributed by atoms with Gasteiger partial charge < -0.3 is 14.5 Å². The summed E-state index contributed by atoms with van der Waals surface area (Å²) < 4.78 is 11.0. The molecule has 4 aromatic rings. The second-order valence-corrected chi connectivity index (χ2v) is 15.0. The number of thiazole rings is 1. The molecule has 1 atom stereocenters. The minimum absolute atomic E-state index is 0.537. The lowest BCUT2D eigenvalue weighted by molar-refractivity contribution is -0.665. The van der Waals surface area contributed by atoms with E-state index in [1.807, 2.05) is 34.9 Å². The standard InChI is InChI=1S/C38H40N3OS3/c1-5-39-29-17-8-11-20-32(29)43-35(39)25-23-27-15-14-16-28(24-26-36-40(6-2)30-18-9-12-21-33(30)44-36)37(27)42-38(4)41(7-3)31-19-10-13-22-34(31)45-38/h8-13,17-26H,5-7,14-16H2,1-4H3/q+1. The van der Waals surface area contributed by atoms with E-state index in [0.29, 0.717) is 0 Å². The minimum atomic E-state index is -0.537. The summed E-state index contributed by atoms with van der Waals surface area (Å²) >= 11 is 5.54. The lowest BCUT2D eigenvalue weighted by atomic mass is 9.92. The minimum Gasteiger partial charge on any atom is -0.458 e. The number of allylic oxidation sites excluding steroid dienone is 5. The summed E-state index contributed by atoms with van der Waals surface area (Å²) in [5, 5.41) is 2.00. The number of anilines is 2. The van der Waals surface area contributed by atoms with Gasteiger partial charge in [-0.25, -0.2) is 0 Å². The topological polar surface area (TPSA) is 19.6 Å². The molecule has 45 heavy (non-hydrogen) atoms. The normalized spacial score (nSPS) is 21.5. The van der Waals surface area contributed by atoms with E-state index in [-0.39, 0.29) is 0 Å². The first-order chi connectivity index (χ1) is 22.0. The maximum Gasteiger partial charge on any atom is 0.262 e. The molecule has 4 nitrogen and oxygen atoms in total. The molecule has 1 aromatic heterocycles. The van der Waals surface area contributed by atoms with Crippen LogP contribution in [0.3, 0.4) is 0 Å². The molecule has 0 saturated carbocycles. The van der Waals surface area contributed by atoms with Crippen LogP contribution in [0.15, 0.2) is 123 Å². The first kappa shape index (κ1) is 30.3. The van der Waals surface area contributed by atoms with Gasteiger partial charge in [0.1, 0.15) is 17.0 Å². The van der Waals surface area contributed by atoms with Crippen LogP contribution >= 0.6 is 34.9 Å². The predicted molar refractivity (Wildman–Crippen MR) is 194 cm³/mol. The molecule has 0 amide bonds. The molecule has 0 radical (unpaired) electrons. The number of fused-ring (bicyclic) bond motifs is 3. The van der Waals surface area contributed by atoms with Crippen LogP contribution in [0.1, 0.15) is 52.0 Å². The number of rotatable bonds is 8. The third-order valence-electron chi connectivity index (χ3n) is 8.79. The van der Waals surface area contributed by atoms with Crippen LogP contribution in [0.25, 0.3) is 16.3 Å². The highest BCUT2D eigenvalue weighted by Crippen LogP contribution is 2.53. The largest absolute Gasteiger partial charge is 0.458 e. The van der Waals surface area contributed by atoms with Gasteiger partial charge in [0.15, 0.2) is 0 Å². The Morgan fingerprint density at radius 1 is 0.844 bits per heavy atom. The molecule has 3 aliphatic rings. The molecule has 230 valence electrons. The van der Waals surface area contributed by atoms with Crippen LogP contribution in [0.4, 0.5) is 11.4 Å². The third kappa shape index (κ3) is 5.64. The Morgan fingerprint density at radius 2 is 1.60 bits per heavy atom. The van der Waals surface area contributed by atoms with E-state index in [4.69, 9.17) is 4.74 Å². The predicted octanol–water partition coefficient (Wildman–Crippen LogP) is 10.4. The molecular formula is C38H40N3OS3+. The lowest BCUT2D eigenvalue weighted by Gasteiger charge is -2.38. The Kier molecular flexibility index (Phi) is 8.60. The summed E-state index contributed by atoms with van der Waals surface area (Å²) in [5.74, 6) is 1.03. The SMILES string of the molecule is CCN1/C(=C/C=C2\CCCC(/C=C/c3sc4ccccc4[n+]3CC)=C2OC2(C)Sc3ccccc3N2CC)Sc2ccccc21. The monoisotopic (exact) mass is 650 g/mol. The first-order valence-electron chi connectivity index (χ1n) is 16.1. The van der Waals surface area contributed by atoms with Crippen LogP contribution in [0.2, 0.25) is 0 Å². The zero-order valence-corrected chi connectivity index (χ0v) is 28.9. The summed E-state index contributed by atoms with van der Waals surface area (Å²) in [6.45, 7) is 11.7. The summed E-state index contributed by atoms with van der Waals surface area (Å²) in [5.41, 5.74) is 6.39. The van der Waals surface area contributed by atoms with E-state index in [9.17, 15) is 0 Å². The van der Waals surface area contributed by atoms with Gasteiger partial charge in [-0.2, -0.15) is 4.57 Å². The number of para-hydroxylation sites is 3. The average molecular weight is 651 g/mol. The molecule has 2 aliphatic heterocycles. The average Bonchev–Trinajstić information content (AvgIpc) is 3.70. The quantitative estimate of drug-likeness (QED) is 0.176. The number of benzene rings is 3. The van der Waals surface area contributed by atoms with E-state index >= 15 is 0 Å². The highest BCUT2D eigenvalue weighted by Gasteiger charge is 2.43. The molecule has 1 aliphatic carbocycles. The smallest absolute Gasteiger partial charge is 0.262 e. The second-order valence-electron chi connectivity index (χ2n) is 11.5. The molecule has 0 spiro atoms. The van der Waals surface area contributed by atoms with Crippen molar-refractivity contribution in [1.29, 1.82) is 0 Å². The third-order valence-corrected chi connectivity index (χ3v) is 12.3. The Hall–Kier alpha value is -3.39. The molecule has 7 heteroatoms. The Balaban J connectivity index is 1.30. The maximum absolute atomic E-state index is 7.28. The number of ether oxygens (including phenoxy) is 1. The molecule has 0 saturated heterocycles. The van der Waals surface area contributed by atoms with Crippen molar-refractivity contribution >= 4 is 62.5 Å². The summed E-state index contributed by atoms with van der Waals surface area (Å²) in [6, 6.07) is 26.1. The zero-order valence-electron chi connectivity index (χ0n) is 26.5. The van der Waals surface area contributed by atoms with Crippen molar-refractivity contribution in [2.75, 3.05) is 22.9 Å². The van der Waals surface area contributed by atoms with Gasteiger partial charge in [0.25, 0.3) is 5.01 Å². The zero-order chi connectivity index (χ0) is 31.0. The molecule has 0 fully saturated rings. The highest BCUT2D eigenvalue weighted by molar-refractivity contribution is 8.03. The molecule has 3 aromatic carbocycles. The van der Waals surface area contributed by atoms with E-state index < -0.39 is 5.06 Å². The molecule has 0 N–H and O–H groups in total. The number of aromatic nitrogens is 1. The molecule has 7 rings (SSSR count). The second kappa shape index (κ2) is 12.8. The number of nitrogens with zero attached hydrogens (tertiary/aromatic N) is 3. The summed E-state index contributed by atoms with van der Waals surface area (Å²) in [4.78, 5) is 7.42. The van der Waals surface area contributed by atoms with Gasteiger partial charge in [0.2, 0.25) is 10.6 Å². The van der Waals surface area contributed by atoms with Crippen molar-refractivity contribution in [1.82, 2.24) is 0 Å². The van der Waals surface area contributed by atoms with E-state index in [0.717, 1.165) is 44.7 Å². The highest BCUT2D eigenvalue weighted by atomic mass is 32.2. The van der Waals surface area contributed by atoms with E-state index in [2.05, 4.69) is 139 Å². The Labute approximate surface area is 279 Å². The van der Waals surface area contributed by atoms with Gasteiger partial charge in [-0.1, -0.05) is 77.3 Å². The van der Waals surface area contributed by atoms with Crippen LogP contribution < -0.4 is 14.4 Å². The van der Waals surface area contributed by atoms with Crippen molar-refractivity contribution in [3.05, 3.63) is 118 Å². The molecular weight excluding hydrogens is 611 g/mol. The maximum atomic E-state index is 7.28. The molecule has 1 unspecified atom stereocenters. The first-order valence-corrected chi connectivity index (χ1v) is 18.5. The van der Waals surface area contributed by atoms with Gasteiger partial charge >= 0.3 is 0 Å². The van der Waals surface area contributed by atoms with E-state index in [1.165, 1.54) is 52.6 Å². The van der Waals surface area contributed by atoms with E-state index in [1.54, 1.807) is 0 Å². The van der Waals surface area contributed by atoms with Gasteiger partial charge in [-0.15, -0.1) is 0 Å². The van der Waals surface area contributed by atoms with Crippen molar-refractivity contribution in [2.24, 2.45) is 0 Å². The van der Waals surface area contributed by atoms with Crippen LogP contribution in [-0.2, 0) is 11.3 Å². The van der Waals surface area contributed by atoms with Crippen molar-refractivity contribution in [2.45, 2.75) is 68.4 Å². The fraction of sp³-hybridized carbons (Fsp3) is 0.289. The lowest BCUT2D eigenvalue weighted by Crippen LogP contribution is -2.43. The van der Waals surface area contributed by atoms with Gasteiger partial charge in [-0.3, -0.25) is 0 Å². The van der Waals surface area contributed by atoms with Crippen LogP contribution in [-0.4, -0.2) is 18.1 Å². The Morgan fingerprint density at radius 3 is 2.40 bits per heavy atom. The Bertz CT molecular complexity index is 1870. The summed E-state index contributed by atoms with van der Waals surface area (Å²) in [7, 11) is 0. The van der Waals surface area contributed by atoms with Crippen LogP contribution in [0.5, 0.6) is 0 Å². The van der Waals surface area contributed by atoms with Crippen molar-refractivity contribution in [3.8, 4) is 0 Å². The molecule has 0 bridgehead atoms. The summed E-state index contributed by atoms with van der Waals surface area (Å²) in [6.07, 6.45) is 12.4. The fourth-order valence-electron chi connectivity index (χ4n) is 6.67. The van der Waals surface area contributed by atoms with Gasteiger partial charge in [-0.05, 0) is 93.7 Å². The number of aryl methyl sites for hydroxylation is 1. The molecule has 3 heterocycles. The number of thioether (sulfide) groups is 2. The van der Waals surface area contributed by atoms with Gasteiger partial charge in [0.05, 0.1) is 16.4 Å². The van der Waals surface area contributed by atoms with Crippen LogP contribution in [0, 0.1) is 0 Å². The fourth-order valence-corrected chi connectivity index (χ4v) is 10.2.